The van der Waals surface area contributed by atoms with Gasteiger partial charge in [0, 0.05) is 19.3 Å². The average Bonchev–Trinajstić information content (AvgIpc) is 3.22. The summed E-state index contributed by atoms with van der Waals surface area (Å²) in [7, 11) is 0. The van der Waals surface area contributed by atoms with E-state index in [0.717, 1.165) is 103 Å². The van der Waals surface area contributed by atoms with Crippen LogP contribution in [-0.4, -0.2) is 37.2 Å². The van der Waals surface area contributed by atoms with Crippen molar-refractivity contribution in [2.75, 3.05) is 13.2 Å². The number of carbonyl (C=O) groups excluding carboxylic acids is 3. The smallest absolute Gasteiger partial charge is 0.306 e. The van der Waals surface area contributed by atoms with Crippen molar-refractivity contribution in [3.63, 3.8) is 0 Å². The van der Waals surface area contributed by atoms with Gasteiger partial charge in [0.2, 0.25) is 0 Å². The van der Waals surface area contributed by atoms with Crippen LogP contribution in [0.15, 0.2) is 122 Å². The summed E-state index contributed by atoms with van der Waals surface area (Å²) < 4.78 is 16.6. The van der Waals surface area contributed by atoms with Gasteiger partial charge in [0.25, 0.3) is 0 Å². The fourth-order valence-electron chi connectivity index (χ4n) is 5.37. The summed E-state index contributed by atoms with van der Waals surface area (Å²) in [5.41, 5.74) is 0. The van der Waals surface area contributed by atoms with Crippen LogP contribution in [0.1, 0.15) is 168 Å². The summed E-state index contributed by atoms with van der Waals surface area (Å²) in [6, 6.07) is 0. The van der Waals surface area contributed by atoms with Crippen molar-refractivity contribution in [3.8, 4) is 0 Å². The van der Waals surface area contributed by atoms with Crippen LogP contribution in [0.3, 0.4) is 0 Å². The van der Waals surface area contributed by atoms with Gasteiger partial charge in [0.1, 0.15) is 13.2 Å². The third-order valence-electron chi connectivity index (χ3n) is 8.68. The monoisotopic (exact) mass is 801 g/mol. The highest BCUT2D eigenvalue weighted by molar-refractivity contribution is 5.71. The van der Waals surface area contributed by atoms with Gasteiger partial charge in [0.15, 0.2) is 6.10 Å². The predicted octanol–water partition coefficient (Wildman–Crippen LogP) is 14.6. The number of hydrogen-bond donors (Lipinski definition) is 0. The van der Waals surface area contributed by atoms with Crippen LogP contribution in [0.25, 0.3) is 0 Å². The van der Waals surface area contributed by atoms with Crippen LogP contribution in [0.4, 0.5) is 0 Å². The molecule has 0 saturated carbocycles. The average molecular weight is 801 g/mol. The molecule has 0 amide bonds. The first kappa shape index (κ1) is 53.8. The SMILES string of the molecule is CC/C=C\C/C=C\C/C=C\C/C=C\C/C=C\CCCC(=O)OCC(COC(=O)CCCCCCC/C=C\CCC)OC(=O)CC/C=C\C/C=C\C/C=C\C/C=C\CC. The van der Waals surface area contributed by atoms with E-state index in [-0.39, 0.29) is 38.0 Å². The molecule has 0 heterocycles. The summed E-state index contributed by atoms with van der Waals surface area (Å²) in [5, 5.41) is 0. The Morgan fingerprint density at radius 1 is 0.362 bits per heavy atom. The topological polar surface area (TPSA) is 78.9 Å². The number of carbonyl (C=O) groups is 3. The number of hydrogen-bond acceptors (Lipinski definition) is 6. The summed E-state index contributed by atoms with van der Waals surface area (Å²) in [4.78, 5) is 37.7. The minimum Gasteiger partial charge on any atom is -0.462 e. The standard InChI is InChI=1S/C52H80O6/c1-4-7-10-13-16-19-22-24-25-26-27-29-30-33-36-39-42-45-51(54)57-48-49(47-56-50(53)44-41-38-35-32-21-18-15-12-9-6-3)58-52(55)46-43-40-37-34-31-28-23-20-17-14-11-8-5-2/h7-8,10-12,15-17,19-20,24-25,27-29,31,33,36-37,40,49H,4-6,9,13-14,18,21-23,26,30,32,34-35,38-39,41-48H2,1-3H3/b10-7-,11-8-,15-12-,19-16-,20-17-,25-24-,29-27-,31-28-,36-33-,40-37-. The number of unbranched alkanes of at least 4 members (excludes halogenated alkanes) is 7. The summed E-state index contributed by atoms with van der Waals surface area (Å²) in [5.74, 6) is -1.10. The molecule has 0 aromatic heterocycles. The second-order valence-electron chi connectivity index (χ2n) is 14.2. The van der Waals surface area contributed by atoms with E-state index in [1.54, 1.807) is 0 Å². The maximum atomic E-state index is 12.7. The third kappa shape index (κ3) is 42.9. The van der Waals surface area contributed by atoms with Crippen LogP contribution in [-0.2, 0) is 28.6 Å². The molecule has 0 spiro atoms. The van der Waals surface area contributed by atoms with Gasteiger partial charge in [-0.15, -0.1) is 0 Å². The van der Waals surface area contributed by atoms with Crippen molar-refractivity contribution in [2.24, 2.45) is 0 Å². The molecule has 0 N–H and O–H groups in total. The Morgan fingerprint density at radius 2 is 0.724 bits per heavy atom. The Morgan fingerprint density at radius 3 is 1.21 bits per heavy atom. The van der Waals surface area contributed by atoms with Gasteiger partial charge < -0.3 is 14.2 Å². The normalized spacial score (nSPS) is 13.2. The van der Waals surface area contributed by atoms with Gasteiger partial charge in [-0.05, 0) is 103 Å². The van der Waals surface area contributed by atoms with Crippen LogP contribution in [0.5, 0.6) is 0 Å². The summed E-state index contributed by atoms with van der Waals surface area (Å²) in [6.07, 6.45) is 62.0. The zero-order valence-corrected chi connectivity index (χ0v) is 36.8. The zero-order chi connectivity index (χ0) is 42.3. The van der Waals surface area contributed by atoms with Gasteiger partial charge in [0.05, 0.1) is 0 Å². The molecule has 0 bridgehead atoms. The van der Waals surface area contributed by atoms with E-state index in [0.29, 0.717) is 19.3 Å². The fourth-order valence-corrected chi connectivity index (χ4v) is 5.37. The Balaban J connectivity index is 4.59. The Labute approximate surface area is 354 Å². The fraction of sp³-hybridized carbons (Fsp3) is 0.558. The van der Waals surface area contributed by atoms with Crippen LogP contribution < -0.4 is 0 Å². The van der Waals surface area contributed by atoms with Crippen LogP contribution >= 0.6 is 0 Å². The molecule has 0 aliphatic carbocycles. The van der Waals surface area contributed by atoms with Gasteiger partial charge >= 0.3 is 17.9 Å². The van der Waals surface area contributed by atoms with Gasteiger partial charge in [-0.25, -0.2) is 0 Å². The highest BCUT2D eigenvalue weighted by Crippen LogP contribution is 2.10. The van der Waals surface area contributed by atoms with E-state index >= 15 is 0 Å². The molecule has 0 saturated heterocycles. The van der Waals surface area contributed by atoms with Crippen molar-refractivity contribution >= 4 is 17.9 Å². The van der Waals surface area contributed by atoms with E-state index < -0.39 is 12.1 Å². The lowest BCUT2D eigenvalue weighted by atomic mass is 10.1. The summed E-state index contributed by atoms with van der Waals surface area (Å²) in [6.45, 7) is 6.18. The molecule has 0 aliphatic rings. The molecular weight excluding hydrogens is 721 g/mol. The number of ether oxygens (including phenoxy) is 3. The molecular formula is C52H80O6. The molecule has 6 nitrogen and oxygen atoms in total. The minimum absolute atomic E-state index is 0.133. The van der Waals surface area contributed by atoms with Gasteiger partial charge in [-0.2, -0.15) is 0 Å². The lowest BCUT2D eigenvalue weighted by Gasteiger charge is -2.18. The van der Waals surface area contributed by atoms with Gasteiger partial charge in [-0.1, -0.05) is 168 Å². The molecule has 0 radical (unpaired) electrons. The molecule has 0 aromatic rings. The molecule has 0 fully saturated rings. The number of allylic oxidation sites excluding steroid dienone is 20. The van der Waals surface area contributed by atoms with Crippen LogP contribution in [0, 0.1) is 0 Å². The molecule has 6 heteroatoms. The Hall–Kier alpha value is -4.19. The van der Waals surface area contributed by atoms with Crippen molar-refractivity contribution in [3.05, 3.63) is 122 Å². The second-order valence-corrected chi connectivity index (χ2v) is 14.2. The summed E-state index contributed by atoms with van der Waals surface area (Å²) >= 11 is 0. The highest BCUT2D eigenvalue weighted by atomic mass is 16.6. The third-order valence-corrected chi connectivity index (χ3v) is 8.68. The van der Waals surface area contributed by atoms with Gasteiger partial charge in [-0.3, -0.25) is 14.4 Å². The molecule has 0 rings (SSSR count). The van der Waals surface area contributed by atoms with Crippen molar-refractivity contribution < 1.29 is 28.6 Å². The van der Waals surface area contributed by atoms with E-state index in [2.05, 4.69) is 130 Å². The highest BCUT2D eigenvalue weighted by Gasteiger charge is 2.19. The quantitative estimate of drug-likeness (QED) is 0.0268. The first-order valence-electron chi connectivity index (χ1n) is 22.5. The largest absolute Gasteiger partial charge is 0.462 e. The Kier molecular flexibility index (Phi) is 42.2. The maximum Gasteiger partial charge on any atom is 0.306 e. The number of rotatable bonds is 38. The molecule has 1 unspecified atom stereocenters. The lowest BCUT2D eigenvalue weighted by Crippen LogP contribution is -2.30. The number of esters is 3. The first-order valence-corrected chi connectivity index (χ1v) is 22.5. The molecule has 58 heavy (non-hydrogen) atoms. The molecule has 0 aromatic carbocycles. The predicted molar refractivity (Wildman–Crippen MR) is 246 cm³/mol. The minimum atomic E-state index is -0.843. The second kappa shape index (κ2) is 45.5. The van der Waals surface area contributed by atoms with E-state index in [1.165, 1.54) is 12.8 Å². The van der Waals surface area contributed by atoms with Crippen molar-refractivity contribution in [1.82, 2.24) is 0 Å². The maximum absolute atomic E-state index is 12.7. The molecule has 1 atom stereocenters. The molecule has 0 aliphatic heterocycles. The Bertz CT molecular complexity index is 1290. The van der Waals surface area contributed by atoms with E-state index in [1.807, 2.05) is 12.2 Å². The lowest BCUT2D eigenvalue weighted by molar-refractivity contribution is -0.166. The first-order chi connectivity index (χ1) is 28.5. The van der Waals surface area contributed by atoms with E-state index in [9.17, 15) is 14.4 Å². The van der Waals surface area contributed by atoms with Crippen molar-refractivity contribution in [1.29, 1.82) is 0 Å². The van der Waals surface area contributed by atoms with Crippen LogP contribution in [0.2, 0.25) is 0 Å². The zero-order valence-electron chi connectivity index (χ0n) is 36.8. The van der Waals surface area contributed by atoms with Crippen molar-refractivity contribution in [2.45, 2.75) is 175 Å². The van der Waals surface area contributed by atoms with E-state index in [4.69, 9.17) is 14.2 Å². The molecule has 324 valence electrons.